The maximum Gasteiger partial charge on any atom is 0.229 e. The van der Waals surface area contributed by atoms with Gasteiger partial charge in [0.2, 0.25) is 6.29 Å². The van der Waals surface area contributed by atoms with E-state index in [9.17, 15) is 10.2 Å². The minimum atomic E-state index is -0.951. The van der Waals surface area contributed by atoms with Gasteiger partial charge in [-0.15, -0.1) is 0 Å². The summed E-state index contributed by atoms with van der Waals surface area (Å²) in [5.41, 5.74) is 4.73. The van der Waals surface area contributed by atoms with E-state index in [2.05, 4.69) is 23.1 Å². The number of aliphatic hydroxyl groups is 2. The molecule has 0 aromatic heterocycles. The van der Waals surface area contributed by atoms with E-state index >= 15 is 0 Å². The van der Waals surface area contributed by atoms with E-state index in [1.807, 2.05) is 6.07 Å². The van der Waals surface area contributed by atoms with Crippen molar-refractivity contribution in [3.63, 3.8) is 0 Å². The lowest BCUT2D eigenvalue weighted by molar-refractivity contribution is -0.196. The molecule has 6 rings (SSSR count). The van der Waals surface area contributed by atoms with Gasteiger partial charge in [0.15, 0.2) is 23.0 Å². The summed E-state index contributed by atoms with van der Waals surface area (Å²) >= 11 is 0. The van der Waals surface area contributed by atoms with Gasteiger partial charge in [-0.2, -0.15) is 0 Å². The fourth-order valence-corrected chi connectivity index (χ4v) is 5.78. The zero-order chi connectivity index (χ0) is 24.3. The fourth-order valence-electron chi connectivity index (χ4n) is 5.78. The van der Waals surface area contributed by atoms with Crippen LogP contribution in [0.1, 0.15) is 28.3 Å². The summed E-state index contributed by atoms with van der Waals surface area (Å²) in [5, 5.41) is 20.3. The molecule has 5 unspecified atom stereocenters. The highest BCUT2D eigenvalue weighted by Gasteiger charge is 2.58. The number of nitrogens with zero attached hydrogens (tertiary/aromatic N) is 1. The molecule has 0 saturated carbocycles. The number of hydrogen-bond acceptors (Lipinski definition) is 9. The minimum Gasteiger partial charge on any atom is -0.493 e. The molecule has 9 nitrogen and oxygen atoms in total. The van der Waals surface area contributed by atoms with Gasteiger partial charge in [-0.3, -0.25) is 4.90 Å². The molecule has 2 aromatic carbocycles. The topological polar surface area (TPSA) is 102 Å². The lowest BCUT2D eigenvalue weighted by Crippen LogP contribution is -2.49. The van der Waals surface area contributed by atoms with Gasteiger partial charge in [0, 0.05) is 24.7 Å². The smallest absolute Gasteiger partial charge is 0.229 e. The number of rotatable bonds is 6. The Morgan fingerprint density at radius 3 is 2.49 bits per heavy atom. The van der Waals surface area contributed by atoms with Crippen LogP contribution in [0.4, 0.5) is 0 Å². The minimum absolute atomic E-state index is 0.194. The highest BCUT2D eigenvalue weighted by molar-refractivity contribution is 5.55. The van der Waals surface area contributed by atoms with Gasteiger partial charge in [0.25, 0.3) is 0 Å². The van der Waals surface area contributed by atoms with Crippen molar-refractivity contribution in [2.24, 2.45) is 0 Å². The van der Waals surface area contributed by atoms with Crippen LogP contribution in [0.5, 0.6) is 23.0 Å². The quantitative estimate of drug-likeness (QED) is 0.591. The van der Waals surface area contributed by atoms with E-state index in [1.54, 1.807) is 21.3 Å². The SMILES string of the molecule is COc1cc2c(cc1OC)[C@@H]1Cc3ccc(OC)c(OC4OC(CO)C5OC5C4O)c3CN1CC2. The summed E-state index contributed by atoms with van der Waals surface area (Å²) in [4.78, 5) is 2.44. The monoisotopic (exact) mass is 485 g/mol. The molecule has 0 amide bonds. The van der Waals surface area contributed by atoms with E-state index < -0.39 is 18.5 Å². The Morgan fingerprint density at radius 1 is 0.971 bits per heavy atom. The third-order valence-corrected chi connectivity index (χ3v) is 7.70. The lowest BCUT2D eigenvalue weighted by Gasteiger charge is -2.42. The maximum absolute atomic E-state index is 10.7. The summed E-state index contributed by atoms with van der Waals surface area (Å²) in [7, 11) is 4.93. The van der Waals surface area contributed by atoms with Crippen LogP contribution in [0.25, 0.3) is 0 Å². The van der Waals surface area contributed by atoms with Gasteiger partial charge < -0.3 is 38.6 Å². The van der Waals surface area contributed by atoms with E-state index in [-0.39, 0.29) is 24.9 Å². The van der Waals surface area contributed by atoms with Gasteiger partial charge in [-0.25, -0.2) is 0 Å². The summed E-state index contributed by atoms with van der Waals surface area (Å²) in [6.45, 7) is 1.38. The number of epoxide rings is 1. The second kappa shape index (κ2) is 8.83. The van der Waals surface area contributed by atoms with Gasteiger partial charge in [-0.05, 0) is 47.7 Å². The molecule has 0 aliphatic carbocycles. The average Bonchev–Trinajstić information content (AvgIpc) is 3.70. The van der Waals surface area contributed by atoms with Gasteiger partial charge in [-0.1, -0.05) is 6.07 Å². The number of aliphatic hydroxyl groups excluding tert-OH is 2. The first kappa shape index (κ1) is 22.9. The van der Waals surface area contributed by atoms with Crippen LogP contribution < -0.4 is 18.9 Å². The fraction of sp³-hybridized carbons (Fsp3) is 0.538. The van der Waals surface area contributed by atoms with Crippen molar-refractivity contribution in [1.29, 1.82) is 0 Å². The van der Waals surface area contributed by atoms with Crippen LogP contribution in [0, 0.1) is 0 Å². The number of ether oxygens (including phenoxy) is 6. The summed E-state index contributed by atoms with van der Waals surface area (Å²) in [6.07, 6.45) is -1.37. The number of fused-ring (bicyclic) bond motifs is 5. The molecular weight excluding hydrogens is 454 g/mol. The van der Waals surface area contributed by atoms with Crippen molar-refractivity contribution < 1.29 is 38.6 Å². The van der Waals surface area contributed by atoms with E-state index in [0.717, 1.165) is 42.0 Å². The molecule has 9 heteroatoms. The Morgan fingerprint density at radius 2 is 1.74 bits per heavy atom. The van der Waals surface area contributed by atoms with Crippen molar-refractivity contribution >= 4 is 0 Å². The highest BCUT2D eigenvalue weighted by atomic mass is 16.7. The van der Waals surface area contributed by atoms with E-state index in [4.69, 9.17) is 28.4 Å². The zero-order valence-electron chi connectivity index (χ0n) is 20.1. The highest BCUT2D eigenvalue weighted by Crippen LogP contribution is 2.47. The second-order valence-electron chi connectivity index (χ2n) is 9.48. The molecule has 2 aromatic rings. The second-order valence-corrected chi connectivity index (χ2v) is 9.48. The molecule has 0 spiro atoms. The number of benzene rings is 2. The number of methoxy groups -OCH3 is 3. The average molecular weight is 486 g/mol. The standard InChI is InChI=1S/C26H31NO8/c1-30-18-5-4-13-8-17-15-10-20(32-3)19(31-2)9-14(15)6-7-27(17)11-16(13)23(18)35-26-22(29)25-24(34-25)21(12-28)33-26/h4-5,9-10,17,21-22,24-26,28-29H,6-8,11-12H2,1-3H3/t17-,21?,22?,24?,25?,26?/m0/s1. The van der Waals surface area contributed by atoms with E-state index in [0.29, 0.717) is 18.0 Å². The third kappa shape index (κ3) is 3.73. The van der Waals surface area contributed by atoms with Crippen molar-refractivity contribution in [3.05, 3.63) is 46.5 Å². The molecule has 2 saturated heterocycles. The van der Waals surface area contributed by atoms with Gasteiger partial charge in [0.05, 0.1) is 27.9 Å². The Balaban J connectivity index is 1.33. The molecule has 4 heterocycles. The normalized spacial score (nSPS) is 30.9. The van der Waals surface area contributed by atoms with Crippen LogP contribution in [0.15, 0.2) is 24.3 Å². The van der Waals surface area contributed by atoms with Crippen LogP contribution >= 0.6 is 0 Å². The molecule has 0 bridgehead atoms. The predicted molar refractivity (Wildman–Crippen MR) is 124 cm³/mol. The Bertz CT molecular complexity index is 1120. The maximum atomic E-state index is 10.7. The molecule has 6 atom stereocenters. The lowest BCUT2D eigenvalue weighted by atomic mass is 9.83. The van der Waals surface area contributed by atoms with Crippen LogP contribution in [0.3, 0.4) is 0 Å². The van der Waals surface area contributed by atoms with Crippen LogP contribution in [-0.4, -0.2) is 80.3 Å². The van der Waals surface area contributed by atoms with Gasteiger partial charge >= 0.3 is 0 Å². The largest absolute Gasteiger partial charge is 0.493 e. The molecule has 4 aliphatic rings. The molecule has 0 radical (unpaired) electrons. The van der Waals surface area contributed by atoms with Crippen LogP contribution in [0.2, 0.25) is 0 Å². The first-order chi connectivity index (χ1) is 17.1. The third-order valence-electron chi connectivity index (χ3n) is 7.70. The van der Waals surface area contributed by atoms with Crippen molar-refractivity contribution in [3.8, 4) is 23.0 Å². The zero-order valence-corrected chi connectivity index (χ0v) is 20.1. The summed E-state index contributed by atoms with van der Waals surface area (Å²) < 4.78 is 34.4. The number of hydrogen-bond donors (Lipinski definition) is 2. The Kier molecular flexibility index (Phi) is 5.77. The first-order valence-electron chi connectivity index (χ1n) is 12.0. The van der Waals surface area contributed by atoms with Gasteiger partial charge in [0.1, 0.15) is 24.4 Å². The molecule has 4 aliphatic heterocycles. The Labute approximate surface area is 204 Å². The Hall–Kier alpha value is -2.56. The molecular formula is C26H31NO8. The summed E-state index contributed by atoms with van der Waals surface area (Å²) in [6, 6.07) is 8.39. The molecule has 2 fully saturated rings. The molecule has 2 N–H and O–H groups in total. The molecule has 35 heavy (non-hydrogen) atoms. The predicted octanol–water partition coefficient (Wildman–Crippen LogP) is 1.59. The van der Waals surface area contributed by atoms with Crippen molar-refractivity contribution in [1.82, 2.24) is 4.90 Å². The van der Waals surface area contributed by atoms with E-state index in [1.165, 1.54) is 11.1 Å². The first-order valence-corrected chi connectivity index (χ1v) is 12.0. The molecule has 188 valence electrons. The van der Waals surface area contributed by atoms with Crippen LogP contribution in [-0.2, 0) is 28.9 Å². The van der Waals surface area contributed by atoms with Crippen molar-refractivity contribution in [2.75, 3.05) is 34.5 Å². The summed E-state index contributed by atoms with van der Waals surface area (Å²) in [5.74, 6) is 2.65. The van der Waals surface area contributed by atoms with Crippen molar-refractivity contribution in [2.45, 2.75) is 56.1 Å².